The van der Waals surface area contributed by atoms with E-state index >= 15 is 0 Å². The third kappa shape index (κ3) is 3.52. The summed E-state index contributed by atoms with van der Waals surface area (Å²) in [6.07, 6.45) is 3.93. The predicted molar refractivity (Wildman–Crippen MR) is 93.5 cm³/mol. The molecule has 2 amide bonds. The fourth-order valence-corrected chi connectivity index (χ4v) is 3.02. The summed E-state index contributed by atoms with van der Waals surface area (Å²) in [5.41, 5.74) is 8.25. The first kappa shape index (κ1) is 15.9. The Hall–Kier alpha value is -2.93. The molecule has 2 aromatic heterocycles. The molecule has 2 heterocycles. The molecule has 24 heavy (non-hydrogen) atoms. The lowest BCUT2D eigenvalue weighted by atomic mass is 10.1. The van der Waals surface area contributed by atoms with Gasteiger partial charge in [0.1, 0.15) is 0 Å². The average Bonchev–Trinajstić information content (AvgIpc) is 3.19. The van der Waals surface area contributed by atoms with Crippen molar-refractivity contribution in [1.29, 1.82) is 0 Å². The normalized spacial score (nSPS) is 10.5. The van der Waals surface area contributed by atoms with E-state index in [4.69, 9.17) is 5.73 Å². The maximum absolute atomic E-state index is 12.4. The van der Waals surface area contributed by atoms with E-state index in [0.717, 1.165) is 11.3 Å². The summed E-state index contributed by atoms with van der Waals surface area (Å²) >= 11 is 1.26. The summed E-state index contributed by atoms with van der Waals surface area (Å²) in [5.74, 6) is -0.698. The van der Waals surface area contributed by atoms with Gasteiger partial charge in [0, 0.05) is 29.0 Å². The molecule has 1 aromatic carbocycles. The Morgan fingerprint density at radius 3 is 2.75 bits per heavy atom. The minimum atomic E-state index is -0.451. The minimum Gasteiger partial charge on any atom is -0.369 e. The van der Waals surface area contributed by atoms with E-state index in [2.05, 4.69) is 10.3 Å². The SMILES string of the molecule is Cc1ccc(C(=O)Nc2nc(CC(N)=O)cs2)cc1-n1cccc1. The van der Waals surface area contributed by atoms with Gasteiger partial charge in [-0.05, 0) is 36.8 Å². The number of benzene rings is 1. The molecular weight excluding hydrogens is 324 g/mol. The van der Waals surface area contributed by atoms with Gasteiger partial charge in [-0.15, -0.1) is 11.3 Å². The molecule has 0 bridgehead atoms. The second-order valence-corrected chi connectivity index (χ2v) is 6.19. The number of rotatable bonds is 5. The first-order chi connectivity index (χ1) is 11.5. The quantitative estimate of drug-likeness (QED) is 0.748. The van der Waals surface area contributed by atoms with Gasteiger partial charge in [0.2, 0.25) is 5.91 Å². The molecule has 0 saturated heterocycles. The summed E-state index contributed by atoms with van der Waals surface area (Å²) in [6.45, 7) is 1.99. The fraction of sp³-hybridized carbons (Fsp3) is 0.118. The lowest BCUT2D eigenvalue weighted by Crippen LogP contribution is -2.15. The average molecular weight is 340 g/mol. The first-order valence-corrected chi connectivity index (χ1v) is 8.19. The topological polar surface area (TPSA) is 90.0 Å². The Kier molecular flexibility index (Phi) is 4.43. The highest BCUT2D eigenvalue weighted by molar-refractivity contribution is 7.14. The van der Waals surface area contributed by atoms with Crippen LogP contribution < -0.4 is 11.1 Å². The van der Waals surface area contributed by atoms with Crippen molar-refractivity contribution in [1.82, 2.24) is 9.55 Å². The highest BCUT2D eigenvalue weighted by Gasteiger charge is 2.12. The Morgan fingerprint density at radius 2 is 2.04 bits per heavy atom. The van der Waals surface area contributed by atoms with Gasteiger partial charge in [-0.3, -0.25) is 14.9 Å². The number of nitrogens with two attached hydrogens (primary N) is 1. The molecule has 0 aliphatic carbocycles. The van der Waals surface area contributed by atoms with Crippen LogP contribution in [0.25, 0.3) is 5.69 Å². The van der Waals surface area contributed by atoms with Gasteiger partial charge in [0.25, 0.3) is 5.91 Å². The molecule has 7 heteroatoms. The lowest BCUT2D eigenvalue weighted by molar-refractivity contribution is -0.117. The van der Waals surface area contributed by atoms with E-state index in [-0.39, 0.29) is 12.3 Å². The Labute approximate surface area is 142 Å². The Bertz CT molecular complexity index is 884. The number of nitrogens with zero attached hydrogens (tertiary/aromatic N) is 2. The van der Waals surface area contributed by atoms with Crippen LogP contribution in [-0.4, -0.2) is 21.4 Å². The highest BCUT2D eigenvalue weighted by Crippen LogP contribution is 2.20. The number of hydrogen-bond donors (Lipinski definition) is 2. The highest BCUT2D eigenvalue weighted by atomic mass is 32.1. The summed E-state index contributed by atoms with van der Waals surface area (Å²) in [7, 11) is 0. The number of carbonyl (C=O) groups is 2. The zero-order chi connectivity index (χ0) is 17.1. The molecule has 3 N–H and O–H groups in total. The first-order valence-electron chi connectivity index (χ1n) is 7.31. The van der Waals surface area contributed by atoms with Crippen LogP contribution in [0.4, 0.5) is 5.13 Å². The Morgan fingerprint density at radius 1 is 1.29 bits per heavy atom. The Balaban J connectivity index is 1.79. The molecular formula is C17H16N4O2S. The lowest BCUT2D eigenvalue weighted by Gasteiger charge is -2.10. The van der Waals surface area contributed by atoms with Crippen LogP contribution in [0.1, 0.15) is 21.6 Å². The van der Waals surface area contributed by atoms with E-state index < -0.39 is 5.91 Å². The zero-order valence-electron chi connectivity index (χ0n) is 13.0. The summed E-state index contributed by atoms with van der Waals surface area (Å²) < 4.78 is 1.96. The van der Waals surface area contributed by atoms with Crippen LogP contribution in [0.2, 0.25) is 0 Å². The summed E-state index contributed by atoms with van der Waals surface area (Å²) in [4.78, 5) is 27.5. The van der Waals surface area contributed by atoms with Crippen molar-refractivity contribution in [2.24, 2.45) is 5.73 Å². The number of amides is 2. The number of primary amides is 1. The standard InChI is InChI=1S/C17H16N4O2S/c1-11-4-5-12(8-14(11)21-6-2-3-7-21)16(23)20-17-19-13(10-24-17)9-15(18)22/h2-8,10H,9H2,1H3,(H2,18,22)(H,19,20,23). The number of aromatic nitrogens is 2. The second kappa shape index (κ2) is 6.67. The van der Waals surface area contributed by atoms with Crippen molar-refractivity contribution in [2.45, 2.75) is 13.3 Å². The number of carbonyl (C=O) groups excluding carboxylic acids is 2. The van der Waals surface area contributed by atoms with Crippen molar-refractivity contribution >= 4 is 28.3 Å². The van der Waals surface area contributed by atoms with Crippen LogP contribution in [0.5, 0.6) is 0 Å². The molecule has 0 spiro atoms. The van der Waals surface area contributed by atoms with Gasteiger partial charge >= 0.3 is 0 Å². The number of thiazole rings is 1. The van der Waals surface area contributed by atoms with Gasteiger partial charge in [-0.1, -0.05) is 6.07 Å². The van der Waals surface area contributed by atoms with Crippen LogP contribution in [0.15, 0.2) is 48.1 Å². The smallest absolute Gasteiger partial charge is 0.257 e. The van der Waals surface area contributed by atoms with Crippen molar-refractivity contribution < 1.29 is 9.59 Å². The molecule has 0 unspecified atom stereocenters. The van der Waals surface area contributed by atoms with Crippen LogP contribution in [-0.2, 0) is 11.2 Å². The van der Waals surface area contributed by atoms with E-state index in [1.807, 2.05) is 48.1 Å². The van der Waals surface area contributed by atoms with E-state index in [9.17, 15) is 9.59 Å². The van der Waals surface area contributed by atoms with Crippen molar-refractivity contribution in [3.63, 3.8) is 0 Å². The van der Waals surface area contributed by atoms with Gasteiger partial charge in [-0.25, -0.2) is 4.98 Å². The summed E-state index contributed by atoms with van der Waals surface area (Å²) in [6, 6.07) is 9.38. The third-order valence-electron chi connectivity index (χ3n) is 3.48. The monoisotopic (exact) mass is 340 g/mol. The maximum Gasteiger partial charge on any atom is 0.257 e. The van der Waals surface area contributed by atoms with Crippen molar-refractivity contribution in [3.05, 3.63) is 64.9 Å². The van der Waals surface area contributed by atoms with Crippen LogP contribution >= 0.6 is 11.3 Å². The number of aryl methyl sites for hydroxylation is 1. The van der Waals surface area contributed by atoms with Gasteiger partial charge in [0.05, 0.1) is 12.1 Å². The van der Waals surface area contributed by atoms with Crippen molar-refractivity contribution in [3.8, 4) is 5.69 Å². The molecule has 122 valence electrons. The predicted octanol–water partition coefficient (Wildman–Crippen LogP) is 2.52. The van der Waals surface area contributed by atoms with Gasteiger partial charge < -0.3 is 10.3 Å². The molecule has 0 aliphatic rings. The largest absolute Gasteiger partial charge is 0.369 e. The molecule has 3 rings (SSSR count). The van der Waals surface area contributed by atoms with Gasteiger partial charge in [-0.2, -0.15) is 0 Å². The zero-order valence-corrected chi connectivity index (χ0v) is 13.8. The minimum absolute atomic E-state index is 0.0642. The second-order valence-electron chi connectivity index (χ2n) is 5.33. The maximum atomic E-state index is 12.4. The third-order valence-corrected chi connectivity index (χ3v) is 4.29. The number of hydrogen-bond acceptors (Lipinski definition) is 4. The fourth-order valence-electron chi connectivity index (χ4n) is 2.32. The number of anilines is 1. The molecule has 6 nitrogen and oxygen atoms in total. The molecule has 3 aromatic rings. The van der Waals surface area contributed by atoms with E-state index in [1.54, 1.807) is 11.4 Å². The molecule has 0 saturated carbocycles. The van der Waals surface area contributed by atoms with Crippen LogP contribution in [0, 0.1) is 6.92 Å². The van der Waals surface area contributed by atoms with Crippen LogP contribution in [0.3, 0.4) is 0 Å². The number of nitrogens with one attached hydrogen (secondary N) is 1. The van der Waals surface area contributed by atoms with Crippen molar-refractivity contribution in [2.75, 3.05) is 5.32 Å². The van der Waals surface area contributed by atoms with E-state index in [1.165, 1.54) is 11.3 Å². The van der Waals surface area contributed by atoms with Gasteiger partial charge in [0.15, 0.2) is 5.13 Å². The molecule has 0 aliphatic heterocycles. The summed E-state index contributed by atoms with van der Waals surface area (Å²) in [5, 5.41) is 4.90. The molecule has 0 fully saturated rings. The van der Waals surface area contributed by atoms with E-state index in [0.29, 0.717) is 16.4 Å². The molecule has 0 atom stereocenters. The molecule has 0 radical (unpaired) electrons.